The van der Waals surface area contributed by atoms with Crippen molar-refractivity contribution in [3.63, 3.8) is 0 Å². The molecule has 30 nitrogen and oxygen atoms in total. The lowest BCUT2D eigenvalue weighted by Crippen LogP contribution is -2.62. The number of primary amides is 1. The van der Waals surface area contributed by atoms with Crippen LogP contribution in [0.5, 0.6) is 0 Å². The topological polar surface area (TPSA) is 517 Å². The van der Waals surface area contributed by atoms with Gasteiger partial charge in [-0.05, 0) is 91.8 Å². The smallest absolute Gasteiger partial charge is 0.243 e. The van der Waals surface area contributed by atoms with Crippen molar-refractivity contribution in [3.8, 4) is 0 Å². The minimum atomic E-state index is -1.45. The van der Waals surface area contributed by atoms with Crippen LogP contribution in [-0.2, 0) is 75.3 Å². The number of aliphatic imine (C=N–C) groups is 2. The van der Waals surface area contributed by atoms with Gasteiger partial charge in [-0.25, -0.2) is 4.98 Å². The van der Waals surface area contributed by atoms with Crippen LogP contribution < -0.4 is 82.7 Å². The Balaban J connectivity index is 1.13. The zero-order valence-corrected chi connectivity index (χ0v) is 56.3. The van der Waals surface area contributed by atoms with Crippen molar-refractivity contribution in [2.45, 2.75) is 152 Å². The summed E-state index contributed by atoms with van der Waals surface area (Å²) in [6.07, 6.45) is 7.82. The van der Waals surface area contributed by atoms with Crippen LogP contribution in [0.4, 0.5) is 0 Å². The van der Waals surface area contributed by atoms with E-state index in [1.807, 2.05) is 55.5 Å². The van der Waals surface area contributed by atoms with Crippen LogP contribution >= 0.6 is 0 Å². The zero-order valence-electron chi connectivity index (χ0n) is 56.3. The largest absolute Gasteiger partial charge is 0.370 e. The van der Waals surface area contributed by atoms with E-state index in [4.69, 9.17) is 40.1 Å². The van der Waals surface area contributed by atoms with Crippen LogP contribution in [0.1, 0.15) is 93.2 Å². The van der Waals surface area contributed by atoms with Crippen LogP contribution in [0, 0.1) is 5.92 Å². The van der Waals surface area contributed by atoms with Gasteiger partial charge >= 0.3 is 0 Å². The fourth-order valence-electron chi connectivity index (χ4n) is 11.5. The lowest BCUT2D eigenvalue weighted by Gasteiger charge is -2.30. The maximum atomic E-state index is 15.1. The van der Waals surface area contributed by atoms with Crippen molar-refractivity contribution in [1.82, 2.24) is 62.5 Å². The summed E-state index contributed by atoms with van der Waals surface area (Å²) in [6.45, 7) is 4.11. The van der Waals surface area contributed by atoms with E-state index in [-0.39, 0.29) is 89.3 Å². The van der Waals surface area contributed by atoms with Gasteiger partial charge in [0.05, 0.1) is 12.4 Å². The number of aromatic nitrogens is 4. The predicted octanol–water partition coefficient (Wildman–Crippen LogP) is -0.141. The van der Waals surface area contributed by atoms with Crippen molar-refractivity contribution in [1.29, 1.82) is 0 Å². The maximum absolute atomic E-state index is 15.1. The Morgan fingerprint density at radius 3 is 1.34 bits per heavy atom. The van der Waals surface area contributed by atoms with Crippen LogP contribution in [0.3, 0.4) is 0 Å². The van der Waals surface area contributed by atoms with Crippen molar-refractivity contribution in [2.75, 3.05) is 19.6 Å². The molecule has 30 heteroatoms. The van der Waals surface area contributed by atoms with Crippen LogP contribution in [0.2, 0.25) is 0 Å². The van der Waals surface area contributed by atoms with E-state index in [0.717, 1.165) is 21.8 Å². The number of aromatic amines is 3. The Morgan fingerprint density at radius 2 is 0.860 bits per heavy atom. The first-order valence-corrected chi connectivity index (χ1v) is 33.5. The van der Waals surface area contributed by atoms with Crippen LogP contribution in [0.15, 0.2) is 144 Å². The molecule has 534 valence electrons. The monoisotopic (exact) mass is 1370 g/mol. The van der Waals surface area contributed by atoms with Gasteiger partial charge in [0.2, 0.25) is 53.2 Å². The van der Waals surface area contributed by atoms with Gasteiger partial charge in [0.25, 0.3) is 0 Å². The van der Waals surface area contributed by atoms with Crippen molar-refractivity contribution < 1.29 is 43.2 Å². The van der Waals surface area contributed by atoms with E-state index >= 15 is 14.4 Å². The number of fused-ring (bicyclic) bond motifs is 2. The van der Waals surface area contributed by atoms with Gasteiger partial charge in [0, 0.05) is 91.3 Å². The number of nitrogens with zero attached hydrogens (tertiary/aromatic N) is 3. The van der Waals surface area contributed by atoms with Gasteiger partial charge in [-0.1, -0.05) is 117 Å². The minimum absolute atomic E-state index is 0.0142. The molecule has 7 aromatic rings. The highest BCUT2D eigenvalue weighted by atomic mass is 16.2. The Labute approximate surface area is 579 Å². The highest BCUT2D eigenvalue weighted by Crippen LogP contribution is 2.22. The van der Waals surface area contributed by atoms with Gasteiger partial charge in [-0.15, -0.1) is 0 Å². The summed E-state index contributed by atoms with van der Waals surface area (Å²) in [4.78, 5) is 152. The fraction of sp³-hybridized carbons (Fsp3) is 0.400. The number of rotatable bonds is 41. The second-order valence-corrected chi connectivity index (χ2v) is 24.8. The number of carbonyl (C=O) groups is 9. The third-order valence-corrected chi connectivity index (χ3v) is 17.2. The summed E-state index contributed by atoms with van der Waals surface area (Å²) in [6, 6.07) is 20.8. The summed E-state index contributed by atoms with van der Waals surface area (Å²) in [5.41, 5.74) is 45.0. The van der Waals surface area contributed by atoms with Crippen molar-refractivity contribution >= 4 is 86.9 Å². The predicted molar refractivity (Wildman–Crippen MR) is 381 cm³/mol. The molecule has 0 saturated carbocycles. The number of unbranched alkanes of at least 4 members (excludes halogenated alkanes) is 1. The second kappa shape index (κ2) is 38.7. The molecule has 9 amide bonds. The number of nitrogens with one attached hydrogen (secondary N) is 11. The molecule has 0 fully saturated rings. The van der Waals surface area contributed by atoms with Crippen LogP contribution in [-0.4, -0.2) is 159 Å². The summed E-state index contributed by atoms with van der Waals surface area (Å²) in [5.74, 6) is -7.79. The molecule has 0 radical (unpaired) electrons. The maximum Gasteiger partial charge on any atom is 0.243 e. The number of imidazole rings is 1. The molecular formula is C70H95N21O9. The molecule has 0 aliphatic heterocycles. The molecule has 0 aliphatic carbocycles. The number of hydrogen-bond donors (Lipinski definition) is 18. The molecule has 4 aromatic carbocycles. The van der Waals surface area contributed by atoms with Gasteiger partial charge < -0.3 is 97.6 Å². The molecule has 100 heavy (non-hydrogen) atoms. The number of para-hydroxylation sites is 2. The number of nitrogens with two attached hydrogens (primary N) is 7. The van der Waals surface area contributed by atoms with E-state index in [1.54, 1.807) is 80.0 Å². The van der Waals surface area contributed by atoms with E-state index in [9.17, 15) is 28.8 Å². The zero-order chi connectivity index (χ0) is 72.1. The molecule has 25 N–H and O–H groups in total. The molecule has 0 unspecified atom stereocenters. The average Bonchev–Trinajstić information content (AvgIpc) is 1.61. The molecule has 0 spiro atoms. The van der Waals surface area contributed by atoms with E-state index < -0.39 is 113 Å². The number of benzene rings is 4. The minimum Gasteiger partial charge on any atom is -0.370 e. The van der Waals surface area contributed by atoms with Gasteiger partial charge in [0.1, 0.15) is 48.3 Å². The van der Waals surface area contributed by atoms with E-state index in [2.05, 4.69) is 72.5 Å². The molecular weight excluding hydrogens is 1280 g/mol. The number of amides is 9. The number of hydrogen-bond acceptors (Lipinski definition) is 14. The quantitative estimate of drug-likeness (QED) is 0.0135. The first-order chi connectivity index (χ1) is 48.1. The molecule has 7 rings (SSSR count). The first-order valence-electron chi connectivity index (χ1n) is 33.5. The van der Waals surface area contributed by atoms with Crippen molar-refractivity contribution in [2.24, 2.45) is 56.0 Å². The van der Waals surface area contributed by atoms with Gasteiger partial charge in [0.15, 0.2) is 11.9 Å². The lowest BCUT2D eigenvalue weighted by atomic mass is 9.96. The average molecular weight is 1370 g/mol. The summed E-state index contributed by atoms with van der Waals surface area (Å²) >= 11 is 0. The molecule has 10 atom stereocenters. The highest BCUT2D eigenvalue weighted by Gasteiger charge is 2.37. The first kappa shape index (κ1) is 76.2. The lowest BCUT2D eigenvalue weighted by molar-refractivity contribution is -0.136. The van der Waals surface area contributed by atoms with E-state index in [1.165, 1.54) is 12.5 Å². The Morgan fingerprint density at radius 1 is 0.450 bits per heavy atom. The second-order valence-electron chi connectivity index (χ2n) is 24.8. The van der Waals surface area contributed by atoms with Gasteiger partial charge in [-0.3, -0.25) is 53.1 Å². The Hall–Kier alpha value is -11.1. The summed E-state index contributed by atoms with van der Waals surface area (Å²) in [7, 11) is 0. The SMILES string of the molecule is CC[C@H](C)[C@H](NC(=O)[C@@H](Cc1ccccc1)NC(=O)[C@@H](Cc1c[nH]c2ccccc12)NC(=O)[C@@H](N)CCCN=C(N)N)C(=O)N[C@H](Cc1ccccc1)C(=O)N[C@@H](Cc1cnc[nH]1)C(=O)N[C@@H](CCCCN)C(=O)N[C@@H](CCCN=C(N)N)C(=O)N[C@@H](Cc1c[nH]c2ccccc12)C(N)=O. The third kappa shape index (κ3) is 23.6. The fourth-order valence-corrected chi connectivity index (χ4v) is 11.5. The number of guanidine groups is 2. The Bertz CT molecular complexity index is 3890. The van der Waals surface area contributed by atoms with Crippen LogP contribution in [0.25, 0.3) is 21.8 Å². The number of carbonyl (C=O) groups excluding carboxylic acids is 9. The molecule has 0 saturated heterocycles. The summed E-state index contributed by atoms with van der Waals surface area (Å²) in [5, 5.41) is 24.2. The standard InChI is InChI=1S/C70H95N21O9/c1-3-41(2)59(91-67(99)56(33-43-20-8-5-9-21-43)88-65(97)57(35-45-38-82-51-26-13-11-23-48(45)51)87-61(93)49(72)24-16-30-79-69(74)75)68(100)90-55(32-42-18-6-4-7-19-42)64(96)89-58(36-46-39-78-40-83-46)66(98)85-52(27-14-15-29-71)62(94)84-53(28-17-31-80-70(76)77)63(95)86-54(60(73)92)34-44-37-81-50-25-12-10-22-47(44)50/h4-13,18-23,25-26,37-41,49,52-59,81-82H,3,14-17,24,27-36,71-72H2,1-2H3,(H2,73,92)(H,78,83)(H,84,94)(H,85,98)(H,86,95)(H,87,93)(H,88,97)(H,89,96)(H,90,100)(H,91,99)(H4,74,75,79)(H4,76,77,80)/t41-,49-,52-,53-,54-,55+,56+,57+,58-,59-/m0/s1. The third-order valence-electron chi connectivity index (χ3n) is 17.2. The van der Waals surface area contributed by atoms with Gasteiger partial charge in [-0.2, -0.15) is 0 Å². The number of H-pyrrole nitrogens is 3. The normalized spacial score (nSPS) is 14.2. The summed E-state index contributed by atoms with van der Waals surface area (Å²) < 4.78 is 0. The molecule has 0 aliphatic rings. The molecule has 3 aromatic heterocycles. The highest BCUT2D eigenvalue weighted by molar-refractivity contribution is 5.99. The molecule has 0 bridgehead atoms. The van der Waals surface area contributed by atoms with E-state index in [0.29, 0.717) is 53.6 Å². The molecule has 3 heterocycles. The van der Waals surface area contributed by atoms with Crippen molar-refractivity contribution in [3.05, 3.63) is 162 Å². The Kier molecular flexibility index (Phi) is 29.5.